The highest BCUT2D eigenvalue weighted by Crippen LogP contribution is 2.39. The number of fused-ring (bicyclic) bond motifs is 1. The van der Waals surface area contributed by atoms with Gasteiger partial charge >= 0.3 is 0 Å². The number of nitrogens with one attached hydrogen (secondary N) is 3. The Balaban J connectivity index is 1.25. The summed E-state index contributed by atoms with van der Waals surface area (Å²) in [6.45, 7) is 1.17. The molecule has 1 atom stereocenters. The van der Waals surface area contributed by atoms with Gasteiger partial charge in [-0.3, -0.25) is 9.89 Å². The monoisotopic (exact) mass is 449 g/mol. The van der Waals surface area contributed by atoms with E-state index >= 15 is 0 Å². The van der Waals surface area contributed by atoms with E-state index in [1.54, 1.807) is 10.7 Å². The zero-order chi connectivity index (χ0) is 21.5. The number of aromatic amines is 1. The molecule has 0 bridgehead atoms. The van der Waals surface area contributed by atoms with E-state index in [1.807, 2.05) is 34.7 Å². The Labute approximate surface area is 188 Å². The molecule has 0 spiro atoms. The minimum absolute atomic E-state index is 0.0233. The lowest BCUT2D eigenvalue weighted by Gasteiger charge is -2.24. The molecule has 0 aromatic carbocycles. The Morgan fingerprint density at radius 1 is 1.31 bits per heavy atom. The largest absolute Gasteiger partial charge is 0.348 e. The zero-order valence-electron chi connectivity index (χ0n) is 17.4. The topological polar surface area (TPSA) is 116 Å². The first-order valence-corrected chi connectivity index (χ1v) is 11.7. The molecule has 2 fully saturated rings. The van der Waals surface area contributed by atoms with Gasteiger partial charge < -0.3 is 15.5 Å². The Bertz CT molecular complexity index is 1240. The smallest absolute Gasteiger partial charge is 0.246 e. The van der Waals surface area contributed by atoms with Crippen LogP contribution in [0.3, 0.4) is 0 Å². The summed E-state index contributed by atoms with van der Waals surface area (Å²) < 4.78 is 1.79. The van der Waals surface area contributed by atoms with Crippen molar-refractivity contribution < 1.29 is 4.79 Å². The predicted octanol–water partition coefficient (Wildman–Crippen LogP) is 2.82. The van der Waals surface area contributed by atoms with Crippen molar-refractivity contribution in [1.82, 2.24) is 35.1 Å². The van der Waals surface area contributed by atoms with Crippen molar-refractivity contribution in [2.75, 3.05) is 16.8 Å². The van der Waals surface area contributed by atoms with Crippen molar-refractivity contribution in [2.45, 2.75) is 44.2 Å². The van der Waals surface area contributed by atoms with Crippen LogP contribution in [-0.2, 0) is 11.3 Å². The van der Waals surface area contributed by atoms with E-state index in [-0.39, 0.29) is 11.9 Å². The first-order valence-electron chi connectivity index (χ1n) is 10.8. The van der Waals surface area contributed by atoms with Gasteiger partial charge in [-0.1, -0.05) is 0 Å². The van der Waals surface area contributed by atoms with Crippen LogP contribution in [0.5, 0.6) is 0 Å². The summed E-state index contributed by atoms with van der Waals surface area (Å²) in [6, 6.07) is 5.64. The fourth-order valence-corrected chi connectivity index (χ4v) is 4.72. The van der Waals surface area contributed by atoms with Gasteiger partial charge in [0.25, 0.3) is 0 Å². The molecule has 1 aliphatic heterocycles. The highest BCUT2D eigenvalue weighted by atomic mass is 32.1. The maximum absolute atomic E-state index is 12.9. The van der Waals surface area contributed by atoms with Gasteiger partial charge in [-0.15, -0.1) is 16.4 Å². The molecule has 1 amide bonds. The molecule has 5 heterocycles. The summed E-state index contributed by atoms with van der Waals surface area (Å²) in [5, 5.41) is 21.3. The van der Waals surface area contributed by atoms with Gasteiger partial charge in [-0.2, -0.15) is 10.1 Å². The summed E-state index contributed by atoms with van der Waals surface area (Å²) in [5.41, 5.74) is 2.01. The molecular weight excluding hydrogens is 426 g/mol. The summed E-state index contributed by atoms with van der Waals surface area (Å²) in [4.78, 5) is 23.9. The minimum atomic E-state index is -0.303. The van der Waals surface area contributed by atoms with E-state index in [9.17, 15) is 4.79 Å². The second-order valence-electron chi connectivity index (χ2n) is 8.20. The van der Waals surface area contributed by atoms with Crippen LogP contribution >= 0.6 is 11.3 Å². The van der Waals surface area contributed by atoms with Gasteiger partial charge in [0.1, 0.15) is 16.6 Å². The number of thiazole rings is 1. The maximum atomic E-state index is 12.9. The number of carbonyl (C=O) groups excluding carboxylic acids is 1. The van der Waals surface area contributed by atoms with Crippen LogP contribution in [0, 0.1) is 0 Å². The highest BCUT2D eigenvalue weighted by Gasteiger charge is 2.33. The van der Waals surface area contributed by atoms with E-state index < -0.39 is 0 Å². The molecule has 3 N–H and O–H groups in total. The minimum Gasteiger partial charge on any atom is -0.348 e. The van der Waals surface area contributed by atoms with Crippen molar-refractivity contribution in [2.24, 2.45) is 0 Å². The molecule has 2 aliphatic rings. The molecule has 32 heavy (non-hydrogen) atoms. The summed E-state index contributed by atoms with van der Waals surface area (Å²) in [7, 11) is 0. The molecule has 0 radical (unpaired) electrons. The third kappa shape index (κ3) is 3.68. The summed E-state index contributed by atoms with van der Waals surface area (Å²) in [6.07, 6.45) is 7.74. The van der Waals surface area contributed by atoms with E-state index in [0.29, 0.717) is 24.2 Å². The van der Waals surface area contributed by atoms with Crippen LogP contribution in [0.4, 0.5) is 17.6 Å². The lowest BCUT2D eigenvalue weighted by molar-refractivity contribution is -0.122. The highest BCUT2D eigenvalue weighted by molar-refractivity contribution is 7.09. The Morgan fingerprint density at radius 2 is 2.25 bits per heavy atom. The van der Waals surface area contributed by atoms with Crippen molar-refractivity contribution in [3.8, 4) is 0 Å². The molecule has 164 valence electrons. The molecule has 6 rings (SSSR count). The number of anilines is 3. The number of carbonyl (C=O) groups is 1. The van der Waals surface area contributed by atoms with Gasteiger partial charge in [-0.25, -0.2) is 9.50 Å². The Hall–Kier alpha value is -3.47. The molecule has 1 saturated carbocycles. The second-order valence-corrected chi connectivity index (χ2v) is 9.18. The molecule has 0 unspecified atom stereocenters. The normalized spacial score (nSPS) is 18.4. The molecule has 11 heteroatoms. The molecule has 4 aromatic rings. The number of aromatic nitrogens is 6. The lowest BCUT2D eigenvalue weighted by Crippen LogP contribution is -2.44. The van der Waals surface area contributed by atoms with Gasteiger partial charge in [0.15, 0.2) is 11.6 Å². The van der Waals surface area contributed by atoms with Crippen molar-refractivity contribution >= 4 is 40.3 Å². The number of rotatable bonds is 7. The number of H-pyrrole nitrogens is 1. The van der Waals surface area contributed by atoms with E-state index in [4.69, 9.17) is 4.98 Å². The summed E-state index contributed by atoms with van der Waals surface area (Å²) >= 11 is 1.53. The standard InChI is InChI=1S/C21H23N9OS/c31-20(23-12-18-22-7-10-32-18)16-4-1-8-29(16)21-25-19(15-3-2-9-30(15)28-21)24-17-11-14(26-27-17)13-5-6-13/h2-3,7,9-11,13,16H,1,4-6,8,12H2,(H,23,31)(H2,24,25,26,27,28)/t16-/m0/s1. The average Bonchev–Trinajstić information content (AvgIpc) is 3.30. The first kappa shape index (κ1) is 19.2. The fourth-order valence-electron chi connectivity index (χ4n) is 4.16. The number of nitrogens with zero attached hydrogens (tertiary/aromatic N) is 6. The second kappa shape index (κ2) is 7.90. The summed E-state index contributed by atoms with van der Waals surface area (Å²) in [5.74, 6) is 2.51. The maximum Gasteiger partial charge on any atom is 0.246 e. The number of hydrogen-bond donors (Lipinski definition) is 3. The van der Waals surface area contributed by atoms with Gasteiger partial charge in [0.2, 0.25) is 11.9 Å². The fraction of sp³-hybridized carbons (Fsp3) is 0.381. The number of amides is 1. The molecule has 4 aromatic heterocycles. The van der Waals surface area contributed by atoms with Crippen LogP contribution in [0.15, 0.2) is 36.0 Å². The Kier molecular flexibility index (Phi) is 4.75. The first-order chi connectivity index (χ1) is 15.7. The van der Waals surface area contributed by atoms with Crippen molar-refractivity contribution in [1.29, 1.82) is 0 Å². The number of hydrogen-bond acceptors (Lipinski definition) is 8. The van der Waals surface area contributed by atoms with E-state index in [2.05, 4.69) is 30.9 Å². The Morgan fingerprint density at radius 3 is 3.09 bits per heavy atom. The van der Waals surface area contributed by atoms with Crippen molar-refractivity contribution in [3.05, 3.63) is 46.7 Å². The SMILES string of the molecule is O=C(NCc1nccs1)[C@@H]1CCCN1c1nc(Nc2cc(C3CC3)[nH]n2)c2cccn2n1. The van der Waals surface area contributed by atoms with Gasteiger partial charge in [-0.05, 0) is 37.8 Å². The zero-order valence-corrected chi connectivity index (χ0v) is 18.2. The quantitative estimate of drug-likeness (QED) is 0.397. The van der Waals surface area contributed by atoms with Gasteiger partial charge in [0, 0.05) is 42.0 Å². The van der Waals surface area contributed by atoms with Crippen molar-refractivity contribution in [3.63, 3.8) is 0 Å². The van der Waals surface area contributed by atoms with Crippen LogP contribution in [-0.4, -0.2) is 48.3 Å². The third-order valence-electron chi connectivity index (χ3n) is 5.95. The van der Waals surface area contributed by atoms with Gasteiger partial charge in [0.05, 0.1) is 6.54 Å². The molecule has 10 nitrogen and oxygen atoms in total. The average molecular weight is 450 g/mol. The van der Waals surface area contributed by atoms with E-state index in [0.717, 1.165) is 41.4 Å². The predicted molar refractivity (Wildman–Crippen MR) is 121 cm³/mol. The van der Waals surface area contributed by atoms with Crippen LogP contribution in [0.1, 0.15) is 42.3 Å². The van der Waals surface area contributed by atoms with E-state index in [1.165, 1.54) is 24.2 Å². The van der Waals surface area contributed by atoms with Crippen LogP contribution in [0.25, 0.3) is 5.52 Å². The molecule has 1 aliphatic carbocycles. The molecular formula is C21H23N9OS. The third-order valence-corrected chi connectivity index (χ3v) is 6.73. The molecule has 1 saturated heterocycles. The lowest BCUT2D eigenvalue weighted by atomic mass is 10.2. The van der Waals surface area contributed by atoms with Crippen LogP contribution in [0.2, 0.25) is 0 Å². The van der Waals surface area contributed by atoms with Crippen LogP contribution < -0.4 is 15.5 Å².